The zero-order valence-corrected chi connectivity index (χ0v) is 20.6. The third-order valence-electron chi connectivity index (χ3n) is 6.17. The Morgan fingerprint density at radius 3 is 1.88 bits per heavy atom. The number of cyclic esters (lactones) is 1. The summed E-state index contributed by atoms with van der Waals surface area (Å²) >= 11 is 6.55. The average molecular weight is 409 g/mol. The Kier molecular flexibility index (Phi) is 6.42. The van der Waals surface area contributed by atoms with Gasteiger partial charge in [0.2, 0.25) is 0 Å². The van der Waals surface area contributed by atoms with Gasteiger partial charge < -0.3 is 13.6 Å². The molecule has 7 heteroatoms. The van der Waals surface area contributed by atoms with Gasteiger partial charge in [0.15, 0.2) is 27.6 Å². The molecule has 1 fully saturated rings. The number of hydrogen-bond acceptors (Lipinski definition) is 4. The van der Waals surface area contributed by atoms with Crippen molar-refractivity contribution in [3.05, 3.63) is 0 Å². The second kappa shape index (κ2) is 6.93. The fourth-order valence-electron chi connectivity index (χ4n) is 2.09. The molecule has 1 saturated heterocycles. The van der Waals surface area contributed by atoms with Gasteiger partial charge in [-0.3, -0.25) is 4.79 Å². The lowest BCUT2D eigenvalue weighted by molar-refractivity contribution is -0.144. The first-order valence-corrected chi connectivity index (χ1v) is 15.2. The topological polar surface area (TPSA) is 44.8 Å². The fraction of sp³-hybridized carbons (Fsp3) is 0.944. The van der Waals surface area contributed by atoms with Crippen LogP contribution in [0.5, 0.6) is 0 Å². The molecule has 1 rings (SSSR count). The summed E-state index contributed by atoms with van der Waals surface area (Å²) in [5.74, 6) is -0.415. The lowest BCUT2D eigenvalue weighted by atomic mass is 10.0. The quantitative estimate of drug-likeness (QED) is 0.350. The van der Waals surface area contributed by atoms with E-state index in [0.717, 1.165) is 0 Å². The summed E-state index contributed by atoms with van der Waals surface area (Å²) in [4.78, 5) is 11.1. The number of halogens is 1. The van der Waals surface area contributed by atoms with Gasteiger partial charge in [-0.25, -0.2) is 0 Å². The van der Waals surface area contributed by atoms with E-state index in [1.54, 1.807) is 6.92 Å². The predicted molar refractivity (Wildman–Crippen MR) is 109 cm³/mol. The van der Waals surface area contributed by atoms with Gasteiger partial charge in [-0.1, -0.05) is 41.5 Å². The summed E-state index contributed by atoms with van der Waals surface area (Å²) in [6.07, 6.45) is -0.953. The summed E-state index contributed by atoms with van der Waals surface area (Å²) < 4.78 is 18.4. The van der Waals surface area contributed by atoms with Gasteiger partial charge in [0.1, 0.15) is 6.10 Å². The van der Waals surface area contributed by atoms with E-state index in [-0.39, 0.29) is 10.1 Å². The van der Waals surface area contributed by atoms with E-state index in [0.29, 0.717) is 6.61 Å². The van der Waals surface area contributed by atoms with Crippen LogP contribution in [0.2, 0.25) is 36.3 Å². The molecule has 3 unspecified atom stereocenters. The normalized spacial score (nSPS) is 29.0. The molecule has 0 radical (unpaired) electrons. The van der Waals surface area contributed by atoms with Crippen LogP contribution in [0, 0.1) is 0 Å². The van der Waals surface area contributed by atoms with E-state index in [1.807, 2.05) is 0 Å². The lowest BCUT2D eigenvalue weighted by Gasteiger charge is -2.41. The summed E-state index contributed by atoms with van der Waals surface area (Å²) in [7, 11) is -4.05. The van der Waals surface area contributed by atoms with E-state index in [2.05, 4.69) is 67.7 Å². The summed E-state index contributed by atoms with van der Waals surface area (Å²) in [6, 6.07) is 0. The third kappa shape index (κ3) is 4.89. The van der Waals surface area contributed by atoms with Crippen molar-refractivity contribution in [2.24, 2.45) is 0 Å². The Bertz CT molecular complexity index is 504. The van der Waals surface area contributed by atoms with Crippen LogP contribution in [0.4, 0.5) is 0 Å². The summed E-state index contributed by atoms with van der Waals surface area (Å²) in [5, 5.41) is 0.117. The Morgan fingerprint density at radius 2 is 1.48 bits per heavy atom. The van der Waals surface area contributed by atoms with Crippen LogP contribution in [0.15, 0.2) is 0 Å². The molecule has 4 nitrogen and oxygen atoms in total. The SMILES string of the molecule is CC1(Cl)C(=O)OC(CO[Si](C)(C)C(C)(C)C)C1O[Si](C)(C)C(C)(C)C. The highest BCUT2D eigenvalue weighted by molar-refractivity contribution is 6.74. The summed E-state index contributed by atoms with van der Waals surface area (Å²) in [6.45, 7) is 23.8. The van der Waals surface area contributed by atoms with Crippen molar-refractivity contribution in [1.82, 2.24) is 0 Å². The van der Waals surface area contributed by atoms with Crippen LogP contribution < -0.4 is 0 Å². The highest BCUT2D eigenvalue weighted by atomic mass is 35.5. The Hall–Kier alpha value is 0.114. The molecular formula is C18H37ClO4Si2. The van der Waals surface area contributed by atoms with E-state index in [4.69, 9.17) is 25.2 Å². The summed E-state index contributed by atoms with van der Waals surface area (Å²) in [5.41, 5.74) is 0. The number of hydrogen-bond donors (Lipinski definition) is 0. The van der Waals surface area contributed by atoms with Gasteiger partial charge in [-0.05, 0) is 43.2 Å². The largest absolute Gasteiger partial charge is 0.456 e. The highest BCUT2D eigenvalue weighted by Crippen LogP contribution is 2.44. The van der Waals surface area contributed by atoms with Crippen molar-refractivity contribution in [2.75, 3.05) is 6.61 Å². The highest BCUT2D eigenvalue weighted by Gasteiger charge is 2.57. The molecule has 0 N–H and O–H groups in total. The number of carbonyl (C=O) groups is 1. The van der Waals surface area contributed by atoms with E-state index in [9.17, 15) is 4.79 Å². The molecule has 25 heavy (non-hydrogen) atoms. The minimum Gasteiger partial charge on any atom is -0.456 e. The van der Waals surface area contributed by atoms with Gasteiger partial charge in [0.25, 0.3) is 0 Å². The molecule has 0 aliphatic carbocycles. The molecule has 0 saturated carbocycles. The number of rotatable bonds is 5. The van der Waals surface area contributed by atoms with Crippen molar-refractivity contribution < 1.29 is 18.4 Å². The second-order valence-corrected chi connectivity index (χ2v) is 20.7. The van der Waals surface area contributed by atoms with E-state index >= 15 is 0 Å². The minimum absolute atomic E-state index is 0.0243. The van der Waals surface area contributed by atoms with Crippen LogP contribution in [-0.4, -0.2) is 46.3 Å². The first-order valence-electron chi connectivity index (χ1n) is 9.05. The molecule has 0 spiro atoms. The standard InChI is InChI=1S/C18H37ClO4Si2/c1-16(2,3)24(8,9)21-12-13-14(18(7,19)15(20)22-13)23-25(10,11)17(4,5)6/h13-14H,12H2,1-11H3. The van der Waals surface area contributed by atoms with Crippen molar-refractivity contribution in [1.29, 1.82) is 0 Å². The van der Waals surface area contributed by atoms with Crippen LogP contribution in [0.25, 0.3) is 0 Å². The molecule has 0 aromatic rings. The fourth-order valence-corrected chi connectivity index (χ4v) is 4.78. The first-order chi connectivity index (χ1) is 10.8. The van der Waals surface area contributed by atoms with Crippen molar-refractivity contribution in [2.45, 2.75) is 102 Å². The number of esters is 1. The molecule has 3 atom stereocenters. The smallest absolute Gasteiger partial charge is 0.330 e. The first kappa shape index (κ1) is 23.2. The Balaban J connectivity index is 3.00. The van der Waals surface area contributed by atoms with E-state index in [1.165, 1.54) is 0 Å². The van der Waals surface area contributed by atoms with Gasteiger partial charge in [0.05, 0.1) is 6.61 Å². The van der Waals surface area contributed by atoms with Gasteiger partial charge >= 0.3 is 5.97 Å². The molecular weight excluding hydrogens is 372 g/mol. The van der Waals surface area contributed by atoms with Gasteiger partial charge in [0, 0.05) is 0 Å². The lowest BCUT2D eigenvalue weighted by Crippen LogP contribution is -2.53. The minimum atomic E-state index is -2.10. The maximum atomic E-state index is 12.3. The Labute approximate surface area is 161 Å². The van der Waals surface area contributed by atoms with Crippen LogP contribution in [-0.2, 0) is 18.4 Å². The zero-order chi connectivity index (χ0) is 20.1. The van der Waals surface area contributed by atoms with E-state index < -0.39 is 39.7 Å². The second-order valence-electron chi connectivity index (χ2n) is 10.4. The maximum absolute atomic E-state index is 12.3. The third-order valence-corrected chi connectivity index (χ3v) is 15.5. The molecule has 1 aliphatic rings. The zero-order valence-electron chi connectivity index (χ0n) is 17.9. The Morgan fingerprint density at radius 1 is 1.04 bits per heavy atom. The molecule has 0 aromatic carbocycles. The molecule has 1 heterocycles. The van der Waals surface area contributed by atoms with Gasteiger partial charge in [-0.2, -0.15) is 0 Å². The molecule has 1 aliphatic heterocycles. The number of ether oxygens (including phenoxy) is 1. The van der Waals surface area contributed by atoms with Crippen molar-refractivity contribution in [3.8, 4) is 0 Å². The van der Waals surface area contributed by atoms with Crippen LogP contribution in [0.3, 0.4) is 0 Å². The van der Waals surface area contributed by atoms with Crippen molar-refractivity contribution >= 4 is 34.2 Å². The molecule has 0 bridgehead atoms. The number of carbonyl (C=O) groups excluding carboxylic acids is 1. The van der Waals surface area contributed by atoms with Crippen LogP contribution >= 0.6 is 11.6 Å². The average Bonchev–Trinajstić information content (AvgIpc) is 2.57. The van der Waals surface area contributed by atoms with Gasteiger partial charge in [-0.15, -0.1) is 11.6 Å². The monoisotopic (exact) mass is 408 g/mol. The van der Waals surface area contributed by atoms with Crippen molar-refractivity contribution in [3.63, 3.8) is 0 Å². The molecule has 148 valence electrons. The molecule has 0 amide bonds. The predicted octanol–water partition coefficient (Wildman–Crippen LogP) is 5.32. The molecule has 0 aromatic heterocycles. The van der Waals surface area contributed by atoms with Crippen LogP contribution in [0.1, 0.15) is 48.5 Å². The number of alkyl halides is 1. The maximum Gasteiger partial charge on any atom is 0.330 e.